The molecule has 1 aliphatic rings. The first-order valence-electron chi connectivity index (χ1n) is 10.8. The third-order valence-corrected chi connectivity index (χ3v) is 4.56. The zero-order valence-electron chi connectivity index (χ0n) is 18.7. The van der Waals surface area contributed by atoms with Crippen LogP contribution in [0.4, 0.5) is 26.3 Å². The fraction of sp³-hybridized carbons (Fsp3) is 0.250. The molecule has 0 fully saturated rings. The summed E-state index contributed by atoms with van der Waals surface area (Å²) in [5, 5.41) is 7.41. The molecule has 0 aromatic heterocycles. The molecule has 0 atom stereocenters. The van der Waals surface area contributed by atoms with Gasteiger partial charge in [-0.3, -0.25) is 4.99 Å². The number of rotatable bonds is 7. The molecule has 0 saturated carbocycles. The van der Waals surface area contributed by atoms with Crippen LogP contribution in [0.25, 0.3) is 12.2 Å². The Kier molecular flexibility index (Phi) is 8.98. The van der Waals surface area contributed by atoms with Gasteiger partial charge in [-0.2, -0.15) is 5.10 Å². The lowest BCUT2D eigenvalue weighted by molar-refractivity contribution is -0.275. The van der Waals surface area contributed by atoms with Crippen molar-refractivity contribution >= 4 is 23.8 Å². The molecule has 2 aromatic rings. The minimum absolute atomic E-state index is 0.342. The Morgan fingerprint density at radius 1 is 0.806 bits per heavy atom. The summed E-state index contributed by atoms with van der Waals surface area (Å²) in [5.41, 5.74) is 4.42. The number of guanidine groups is 1. The van der Waals surface area contributed by atoms with E-state index in [4.69, 9.17) is 0 Å². The molecule has 0 saturated heterocycles. The van der Waals surface area contributed by atoms with Gasteiger partial charge in [-0.15, -0.1) is 26.3 Å². The van der Waals surface area contributed by atoms with Gasteiger partial charge in [0.25, 0.3) is 0 Å². The fourth-order valence-electron chi connectivity index (χ4n) is 2.94. The Labute approximate surface area is 203 Å². The van der Waals surface area contributed by atoms with Crippen molar-refractivity contribution in [3.8, 4) is 11.5 Å². The summed E-state index contributed by atoms with van der Waals surface area (Å²) in [5.74, 6) is -0.190. The summed E-state index contributed by atoms with van der Waals surface area (Å²) >= 11 is 0. The predicted octanol–water partition coefficient (Wildman–Crippen LogP) is 5.90. The molecule has 0 bridgehead atoms. The normalized spacial score (nSPS) is 14.7. The molecular weight excluding hydrogens is 490 g/mol. The van der Waals surface area contributed by atoms with Crippen molar-refractivity contribution in [1.82, 2.24) is 10.7 Å². The van der Waals surface area contributed by atoms with Crippen molar-refractivity contribution in [2.45, 2.75) is 25.6 Å². The molecule has 0 unspecified atom stereocenters. The largest absolute Gasteiger partial charge is 0.573 e. The first-order chi connectivity index (χ1) is 17.1. The smallest absolute Gasteiger partial charge is 0.406 e. The molecule has 1 heterocycles. The number of allylic oxidation sites excluding steroid dienone is 2. The average Bonchev–Trinajstić information content (AvgIpc) is 3.07. The van der Waals surface area contributed by atoms with E-state index in [9.17, 15) is 26.3 Å². The van der Waals surface area contributed by atoms with Gasteiger partial charge in [-0.1, -0.05) is 36.4 Å². The van der Waals surface area contributed by atoms with Crippen molar-refractivity contribution in [2.75, 3.05) is 13.1 Å². The van der Waals surface area contributed by atoms with E-state index in [1.165, 1.54) is 48.5 Å². The van der Waals surface area contributed by atoms with Crippen LogP contribution in [0.1, 0.15) is 24.0 Å². The second-order valence-electron chi connectivity index (χ2n) is 7.41. The maximum atomic E-state index is 12.3. The highest BCUT2D eigenvalue weighted by Gasteiger charge is 2.31. The lowest BCUT2D eigenvalue weighted by Gasteiger charge is -2.08. The Hall–Kier alpha value is -3.96. The molecule has 0 amide bonds. The second kappa shape index (κ2) is 12.1. The second-order valence-corrected chi connectivity index (χ2v) is 7.41. The Bertz CT molecular complexity index is 1030. The number of ether oxygens (including phenoxy) is 2. The highest BCUT2D eigenvalue weighted by Crippen LogP contribution is 2.24. The van der Waals surface area contributed by atoms with Gasteiger partial charge in [0.05, 0.1) is 5.71 Å². The number of hydrogen-bond donors (Lipinski definition) is 2. The number of nitrogens with one attached hydrogen (secondary N) is 2. The molecule has 192 valence electrons. The molecule has 3 rings (SSSR count). The standard InChI is InChI=1S/C24H22F6N4O2/c25-23(26,27)35-20-11-5-17(6-12-20)3-9-19(33-34-22-31-15-1-2-16-32-22)10-4-18-7-13-21(14-8-18)36-24(28,29)30/h3-14H,1-2,15-16H2,(H2,31,32,34)/b9-3+,10-4+. The zero-order valence-corrected chi connectivity index (χ0v) is 18.7. The molecular formula is C24H22F6N4O2. The Balaban J connectivity index is 1.75. The van der Waals surface area contributed by atoms with Gasteiger partial charge in [0.15, 0.2) is 0 Å². The fourth-order valence-corrected chi connectivity index (χ4v) is 2.94. The van der Waals surface area contributed by atoms with Gasteiger partial charge in [-0.25, -0.2) is 5.43 Å². The number of nitrogens with zero attached hydrogens (tertiary/aromatic N) is 2. The van der Waals surface area contributed by atoms with Crippen LogP contribution in [-0.4, -0.2) is 37.5 Å². The summed E-state index contributed by atoms with van der Waals surface area (Å²) in [4.78, 5) is 4.34. The monoisotopic (exact) mass is 512 g/mol. The van der Waals surface area contributed by atoms with E-state index in [0.717, 1.165) is 19.4 Å². The first-order valence-corrected chi connectivity index (χ1v) is 10.8. The van der Waals surface area contributed by atoms with Crippen LogP contribution in [0.5, 0.6) is 11.5 Å². The molecule has 12 heteroatoms. The number of halogens is 6. The topological polar surface area (TPSA) is 67.2 Å². The number of aliphatic imine (C=N–C) groups is 1. The van der Waals surface area contributed by atoms with Crippen LogP contribution >= 0.6 is 0 Å². The van der Waals surface area contributed by atoms with Gasteiger partial charge >= 0.3 is 12.7 Å². The molecule has 36 heavy (non-hydrogen) atoms. The van der Waals surface area contributed by atoms with Gasteiger partial charge in [0.2, 0.25) is 5.96 Å². The van der Waals surface area contributed by atoms with Crippen molar-refractivity contribution in [3.63, 3.8) is 0 Å². The van der Waals surface area contributed by atoms with E-state index >= 15 is 0 Å². The van der Waals surface area contributed by atoms with E-state index < -0.39 is 12.7 Å². The molecule has 1 aliphatic heterocycles. The summed E-state index contributed by atoms with van der Waals surface area (Å²) in [6, 6.07) is 10.5. The molecule has 0 aliphatic carbocycles. The van der Waals surface area contributed by atoms with Crippen LogP contribution in [0.2, 0.25) is 0 Å². The van der Waals surface area contributed by atoms with E-state index in [2.05, 4.69) is 30.3 Å². The maximum absolute atomic E-state index is 12.3. The van der Waals surface area contributed by atoms with Crippen LogP contribution in [0.3, 0.4) is 0 Å². The summed E-state index contributed by atoms with van der Waals surface area (Å²) in [6.45, 7) is 1.38. The van der Waals surface area contributed by atoms with Gasteiger partial charge < -0.3 is 14.8 Å². The predicted molar refractivity (Wildman–Crippen MR) is 124 cm³/mol. The Morgan fingerprint density at radius 3 is 1.78 bits per heavy atom. The first kappa shape index (κ1) is 26.6. The number of benzene rings is 2. The van der Waals surface area contributed by atoms with Crippen molar-refractivity contribution in [1.29, 1.82) is 0 Å². The minimum atomic E-state index is -4.78. The summed E-state index contributed by atoms with van der Waals surface area (Å²) in [6.07, 6.45) is -1.17. The lowest BCUT2D eigenvalue weighted by atomic mass is 10.1. The van der Waals surface area contributed by atoms with Crippen molar-refractivity contribution in [3.05, 3.63) is 71.8 Å². The minimum Gasteiger partial charge on any atom is -0.406 e. The summed E-state index contributed by atoms with van der Waals surface area (Å²) < 4.78 is 81.8. The third kappa shape index (κ3) is 10.1. The van der Waals surface area contributed by atoms with Crippen LogP contribution in [0.15, 0.2) is 70.8 Å². The van der Waals surface area contributed by atoms with Crippen LogP contribution < -0.4 is 20.2 Å². The average molecular weight is 512 g/mol. The maximum Gasteiger partial charge on any atom is 0.573 e. The highest BCUT2D eigenvalue weighted by molar-refractivity contribution is 6.09. The summed E-state index contributed by atoms with van der Waals surface area (Å²) in [7, 11) is 0. The SMILES string of the molecule is FC(F)(F)Oc1ccc(/C=C/C(/C=C/c2ccc(OC(F)(F)F)cc2)=NNC2=NCCCCN2)cc1. The third-order valence-electron chi connectivity index (χ3n) is 4.56. The van der Waals surface area contributed by atoms with Gasteiger partial charge in [0.1, 0.15) is 11.5 Å². The quantitative estimate of drug-likeness (QED) is 0.276. The van der Waals surface area contributed by atoms with Crippen LogP contribution in [-0.2, 0) is 0 Å². The van der Waals surface area contributed by atoms with Gasteiger partial charge in [-0.05, 0) is 60.4 Å². The van der Waals surface area contributed by atoms with E-state index in [1.807, 2.05) is 0 Å². The highest BCUT2D eigenvalue weighted by atomic mass is 19.4. The van der Waals surface area contributed by atoms with Gasteiger partial charge in [0, 0.05) is 13.1 Å². The molecule has 0 radical (unpaired) electrons. The molecule has 6 nitrogen and oxygen atoms in total. The van der Waals surface area contributed by atoms with E-state index in [1.54, 1.807) is 24.3 Å². The number of alkyl halides is 6. The molecule has 2 N–H and O–H groups in total. The van der Waals surface area contributed by atoms with E-state index in [-0.39, 0.29) is 11.5 Å². The Morgan fingerprint density at radius 2 is 1.31 bits per heavy atom. The lowest BCUT2D eigenvalue weighted by Crippen LogP contribution is -2.34. The van der Waals surface area contributed by atoms with E-state index in [0.29, 0.717) is 29.3 Å². The van der Waals surface area contributed by atoms with Crippen LogP contribution in [0, 0.1) is 0 Å². The molecule has 2 aromatic carbocycles. The zero-order chi connectivity index (χ0) is 26.0. The van der Waals surface area contributed by atoms with Crippen molar-refractivity contribution < 1.29 is 35.8 Å². The van der Waals surface area contributed by atoms with Crippen molar-refractivity contribution in [2.24, 2.45) is 10.1 Å². The molecule has 0 spiro atoms. The number of hydrazone groups is 1. The number of hydrogen-bond acceptors (Lipinski definition) is 6.